The summed E-state index contributed by atoms with van der Waals surface area (Å²) in [5.74, 6) is -0.288. The van der Waals surface area contributed by atoms with Gasteiger partial charge in [-0.05, 0) is 24.8 Å². The van der Waals surface area contributed by atoms with Crippen molar-refractivity contribution in [2.24, 2.45) is 0 Å². The SMILES string of the molecule is CS(=O)(=O)N(CC(=O)NCCc1ccccc1)CC1CCCO1. The van der Waals surface area contributed by atoms with Gasteiger partial charge in [-0.1, -0.05) is 30.3 Å². The molecule has 0 aliphatic carbocycles. The first-order valence-corrected chi connectivity index (χ1v) is 9.67. The molecule has 1 N–H and O–H groups in total. The highest BCUT2D eigenvalue weighted by Crippen LogP contribution is 2.14. The third kappa shape index (κ3) is 6.29. The highest BCUT2D eigenvalue weighted by atomic mass is 32.2. The van der Waals surface area contributed by atoms with Crippen LogP contribution in [0, 0.1) is 0 Å². The Morgan fingerprint density at radius 1 is 1.35 bits per heavy atom. The molecule has 7 heteroatoms. The lowest BCUT2D eigenvalue weighted by molar-refractivity contribution is -0.121. The third-order valence-corrected chi connectivity index (χ3v) is 5.02. The zero-order chi connectivity index (χ0) is 16.7. The first kappa shape index (κ1) is 17.9. The minimum absolute atomic E-state index is 0.109. The van der Waals surface area contributed by atoms with E-state index in [-0.39, 0.29) is 25.1 Å². The number of nitrogens with zero attached hydrogens (tertiary/aromatic N) is 1. The Morgan fingerprint density at radius 2 is 2.09 bits per heavy atom. The number of sulfonamides is 1. The number of rotatable bonds is 8. The van der Waals surface area contributed by atoms with Crippen molar-refractivity contribution in [3.05, 3.63) is 35.9 Å². The van der Waals surface area contributed by atoms with Gasteiger partial charge in [0, 0.05) is 19.7 Å². The fraction of sp³-hybridized carbons (Fsp3) is 0.562. The summed E-state index contributed by atoms with van der Waals surface area (Å²) in [6, 6.07) is 9.82. The van der Waals surface area contributed by atoms with Gasteiger partial charge in [0.2, 0.25) is 15.9 Å². The summed E-state index contributed by atoms with van der Waals surface area (Å²) < 4.78 is 30.3. The predicted octanol–water partition coefficient (Wildman–Crippen LogP) is 0.786. The molecule has 1 aromatic rings. The number of nitrogens with one attached hydrogen (secondary N) is 1. The highest BCUT2D eigenvalue weighted by Gasteiger charge is 2.26. The van der Waals surface area contributed by atoms with Gasteiger partial charge in [-0.2, -0.15) is 4.31 Å². The number of hydrogen-bond acceptors (Lipinski definition) is 4. The molecule has 1 heterocycles. The van der Waals surface area contributed by atoms with Crippen LogP contribution in [0.2, 0.25) is 0 Å². The molecule has 2 rings (SSSR count). The number of carbonyl (C=O) groups excluding carboxylic acids is 1. The minimum atomic E-state index is -3.43. The maximum Gasteiger partial charge on any atom is 0.235 e. The van der Waals surface area contributed by atoms with Crippen molar-refractivity contribution >= 4 is 15.9 Å². The zero-order valence-electron chi connectivity index (χ0n) is 13.4. The second kappa shape index (κ2) is 8.42. The summed E-state index contributed by atoms with van der Waals surface area (Å²) in [6.45, 7) is 1.23. The van der Waals surface area contributed by atoms with E-state index in [1.165, 1.54) is 4.31 Å². The Balaban J connectivity index is 1.80. The Hall–Kier alpha value is -1.44. The summed E-state index contributed by atoms with van der Waals surface area (Å²) in [4.78, 5) is 12.0. The van der Waals surface area contributed by atoms with E-state index >= 15 is 0 Å². The molecule has 23 heavy (non-hydrogen) atoms. The van der Waals surface area contributed by atoms with Crippen LogP contribution in [0.4, 0.5) is 0 Å². The Labute approximate surface area is 137 Å². The number of ether oxygens (including phenoxy) is 1. The molecule has 1 unspecified atom stereocenters. The van der Waals surface area contributed by atoms with Gasteiger partial charge in [0.05, 0.1) is 18.9 Å². The number of benzene rings is 1. The van der Waals surface area contributed by atoms with Crippen LogP contribution in [-0.4, -0.2) is 57.2 Å². The number of amides is 1. The summed E-state index contributed by atoms with van der Waals surface area (Å²) in [5.41, 5.74) is 1.13. The third-order valence-electron chi connectivity index (χ3n) is 3.80. The van der Waals surface area contributed by atoms with Crippen molar-refractivity contribution in [2.45, 2.75) is 25.4 Å². The fourth-order valence-corrected chi connectivity index (χ4v) is 3.33. The minimum Gasteiger partial charge on any atom is -0.377 e. The summed E-state index contributed by atoms with van der Waals surface area (Å²) in [7, 11) is -3.43. The van der Waals surface area contributed by atoms with E-state index in [4.69, 9.17) is 4.74 Å². The second-order valence-corrected chi connectivity index (χ2v) is 7.76. The molecule has 6 nitrogen and oxygen atoms in total. The lowest BCUT2D eigenvalue weighted by Gasteiger charge is -2.22. The standard InChI is InChI=1S/C16H24N2O4S/c1-23(20,21)18(12-15-8-5-11-22-15)13-16(19)17-10-9-14-6-3-2-4-7-14/h2-4,6-7,15H,5,8-13H2,1H3,(H,17,19). The zero-order valence-corrected chi connectivity index (χ0v) is 14.2. The van der Waals surface area contributed by atoms with Crippen molar-refractivity contribution in [1.82, 2.24) is 9.62 Å². The van der Waals surface area contributed by atoms with E-state index in [1.807, 2.05) is 30.3 Å². The Morgan fingerprint density at radius 3 is 2.70 bits per heavy atom. The molecule has 0 spiro atoms. The molecule has 1 saturated heterocycles. The molecule has 1 aromatic carbocycles. The van der Waals surface area contributed by atoms with Gasteiger partial charge in [0.1, 0.15) is 0 Å². The molecule has 1 atom stereocenters. The molecule has 0 bridgehead atoms. The number of hydrogen-bond donors (Lipinski definition) is 1. The first-order valence-electron chi connectivity index (χ1n) is 7.82. The van der Waals surface area contributed by atoms with E-state index in [9.17, 15) is 13.2 Å². The first-order chi connectivity index (χ1) is 10.9. The monoisotopic (exact) mass is 340 g/mol. The van der Waals surface area contributed by atoms with Crippen LogP contribution in [0.3, 0.4) is 0 Å². The maximum atomic E-state index is 12.0. The highest BCUT2D eigenvalue weighted by molar-refractivity contribution is 7.88. The van der Waals surface area contributed by atoms with Crippen LogP contribution in [0.15, 0.2) is 30.3 Å². The van der Waals surface area contributed by atoms with Crippen LogP contribution in [-0.2, 0) is 26.0 Å². The van der Waals surface area contributed by atoms with Crippen LogP contribution >= 0.6 is 0 Å². The second-order valence-electron chi connectivity index (χ2n) is 5.78. The van der Waals surface area contributed by atoms with Crippen molar-refractivity contribution in [3.63, 3.8) is 0 Å². The van der Waals surface area contributed by atoms with Crippen molar-refractivity contribution in [3.8, 4) is 0 Å². The molecule has 1 aliphatic rings. The van der Waals surface area contributed by atoms with Gasteiger partial charge in [0.15, 0.2) is 0 Å². The molecule has 1 aliphatic heterocycles. The van der Waals surface area contributed by atoms with Gasteiger partial charge in [0.25, 0.3) is 0 Å². The van der Waals surface area contributed by atoms with E-state index in [1.54, 1.807) is 0 Å². The molecule has 128 valence electrons. The Kier molecular flexibility index (Phi) is 6.56. The van der Waals surface area contributed by atoms with Gasteiger partial charge in [-0.25, -0.2) is 8.42 Å². The van der Waals surface area contributed by atoms with Crippen LogP contribution in [0.1, 0.15) is 18.4 Å². The summed E-state index contributed by atoms with van der Waals surface area (Å²) in [6.07, 6.45) is 3.51. The molecular formula is C16H24N2O4S. The van der Waals surface area contributed by atoms with E-state index < -0.39 is 10.0 Å². The van der Waals surface area contributed by atoms with Gasteiger partial charge in [-0.3, -0.25) is 4.79 Å². The van der Waals surface area contributed by atoms with E-state index in [2.05, 4.69) is 5.32 Å². The maximum absolute atomic E-state index is 12.0. The smallest absolute Gasteiger partial charge is 0.235 e. The molecule has 1 fully saturated rings. The van der Waals surface area contributed by atoms with Gasteiger partial charge < -0.3 is 10.1 Å². The topological polar surface area (TPSA) is 75.7 Å². The van der Waals surface area contributed by atoms with Crippen molar-refractivity contribution < 1.29 is 17.9 Å². The lowest BCUT2D eigenvalue weighted by atomic mass is 10.1. The molecule has 0 radical (unpaired) electrons. The van der Waals surface area contributed by atoms with Crippen LogP contribution < -0.4 is 5.32 Å². The summed E-state index contributed by atoms with van der Waals surface area (Å²) >= 11 is 0. The number of carbonyl (C=O) groups is 1. The summed E-state index contributed by atoms with van der Waals surface area (Å²) in [5, 5.41) is 2.77. The van der Waals surface area contributed by atoms with E-state index in [0.717, 1.165) is 31.1 Å². The van der Waals surface area contributed by atoms with Crippen LogP contribution in [0.25, 0.3) is 0 Å². The normalized spacial score (nSPS) is 18.3. The predicted molar refractivity (Wildman–Crippen MR) is 88.5 cm³/mol. The molecular weight excluding hydrogens is 316 g/mol. The quantitative estimate of drug-likeness (QED) is 0.759. The fourth-order valence-electron chi connectivity index (χ4n) is 2.54. The molecule has 0 aromatic heterocycles. The Bertz CT molecular complexity index is 598. The average Bonchev–Trinajstić information content (AvgIpc) is 3.00. The van der Waals surface area contributed by atoms with Crippen molar-refractivity contribution in [1.29, 1.82) is 0 Å². The van der Waals surface area contributed by atoms with E-state index in [0.29, 0.717) is 13.2 Å². The van der Waals surface area contributed by atoms with Gasteiger partial charge >= 0.3 is 0 Å². The average molecular weight is 340 g/mol. The van der Waals surface area contributed by atoms with Crippen molar-refractivity contribution in [2.75, 3.05) is 32.5 Å². The molecule has 1 amide bonds. The van der Waals surface area contributed by atoms with Crippen LogP contribution in [0.5, 0.6) is 0 Å². The lowest BCUT2D eigenvalue weighted by Crippen LogP contribution is -2.44. The molecule has 0 saturated carbocycles. The largest absolute Gasteiger partial charge is 0.377 e. The van der Waals surface area contributed by atoms with Gasteiger partial charge in [-0.15, -0.1) is 0 Å².